The van der Waals surface area contributed by atoms with Gasteiger partial charge in [0.2, 0.25) is 0 Å². The van der Waals surface area contributed by atoms with E-state index in [2.05, 4.69) is 25.3 Å². The van der Waals surface area contributed by atoms with Crippen molar-refractivity contribution in [2.24, 2.45) is 11.7 Å². The lowest BCUT2D eigenvalue weighted by Gasteiger charge is -2.32. The number of hydrogen-bond acceptors (Lipinski definition) is 6. The van der Waals surface area contributed by atoms with Gasteiger partial charge in [0.15, 0.2) is 0 Å². The van der Waals surface area contributed by atoms with Crippen LogP contribution < -0.4 is 5.73 Å². The molecule has 5 aromatic heterocycles. The molecular weight excluding hydrogens is 431 g/mol. The van der Waals surface area contributed by atoms with Gasteiger partial charge in [0.25, 0.3) is 0 Å². The Hall–Kier alpha value is -3.98. The summed E-state index contributed by atoms with van der Waals surface area (Å²) in [4.78, 5) is 13.8. The molecule has 1 aliphatic carbocycles. The standard InChI is InChI=1S/C25H23FN8/c1-14-20(26)2-3-23(31-14)25-19(11-29-33-25)21-4-5-22-24(32-21)8-16(9-28-22)17-10-30-34(13-17)12-15-6-18(27)7-15/h2-5,8-11,13,15,18H,6-7,12,27H2,1H3,(H,29,33). The molecule has 1 fully saturated rings. The zero-order valence-electron chi connectivity index (χ0n) is 18.6. The summed E-state index contributed by atoms with van der Waals surface area (Å²) in [5, 5.41) is 11.7. The average Bonchev–Trinajstić information content (AvgIpc) is 3.49. The number of fused-ring (bicyclic) bond motifs is 1. The van der Waals surface area contributed by atoms with Gasteiger partial charge in [-0.2, -0.15) is 10.2 Å². The third-order valence-electron chi connectivity index (χ3n) is 6.41. The van der Waals surface area contributed by atoms with Gasteiger partial charge in [-0.05, 0) is 56.0 Å². The second kappa shape index (κ2) is 8.11. The van der Waals surface area contributed by atoms with E-state index in [1.807, 2.05) is 41.5 Å². The molecule has 0 bridgehead atoms. The number of nitrogens with two attached hydrogens (primary N) is 1. The van der Waals surface area contributed by atoms with Crippen LogP contribution in [0.5, 0.6) is 0 Å². The first-order valence-corrected chi connectivity index (χ1v) is 11.3. The summed E-state index contributed by atoms with van der Waals surface area (Å²) in [7, 11) is 0. The SMILES string of the molecule is Cc1nc(-c2[nH]ncc2-c2ccc3ncc(-c4cnn(CC5CC(N)C5)c4)cc3n2)ccc1F. The van der Waals surface area contributed by atoms with Crippen LogP contribution in [0, 0.1) is 18.7 Å². The number of pyridine rings is 3. The summed E-state index contributed by atoms with van der Waals surface area (Å²) in [6.45, 7) is 2.52. The van der Waals surface area contributed by atoms with Crippen LogP contribution in [0.3, 0.4) is 0 Å². The van der Waals surface area contributed by atoms with E-state index in [9.17, 15) is 4.39 Å². The van der Waals surface area contributed by atoms with Gasteiger partial charge in [-0.1, -0.05) is 0 Å². The van der Waals surface area contributed by atoms with Crippen molar-refractivity contribution in [1.29, 1.82) is 0 Å². The summed E-state index contributed by atoms with van der Waals surface area (Å²) >= 11 is 0. The summed E-state index contributed by atoms with van der Waals surface area (Å²) in [5.74, 6) is 0.261. The number of halogens is 1. The Morgan fingerprint density at radius 3 is 2.71 bits per heavy atom. The molecule has 9 heteroatoms. The van der Waals surface area contributed by atoms with Crippen molar-refractivity contribution in [3.63, 3.8) is 0 Å². The van der Waals surface area contributed by atoms with E-state index in [0.29, 0.717) is 29.0 Å². The van der Waals surface area contributed by atoms with Gasteiger partial charge in [-0.15, -0.1) is 0 Å². The summed E-state index contributed by atoms with van der Waals surface area (Å²) in [5.41, 5.74) is 12.6. The largest absolute Gasteiger partial charge is 0.328 e. The lowest BCUT2D eigenvalue weighted by Crippen LogP contribution is -2.38. The Balaban J connectivity index is 1.32. The van der Waals surface area contributed by atoms with Gasteiger partial charge in [0.1, 0.15) is 5.82 Å². The van der Waals surface area contributed by atoms with Gasteiger partial charge in [0.05, 0.1) is 46.2 Å². The molecule has 0 unspecified atom stereocenters. The fraction of sp³-hybridized carbons (Fsp3) is 0.240. The molecule has 34 heavy (non-hydrogen) atoms. The quantitative estimate of drug-likeness (QED) is 0.413. The Bertz CT molecular complexity index is 1500. The van der Waals surface area contributed by atoms with Crippen LogP contribution in [0.15, 0.2) is 55.1 Å². The summed E-state index contributed by atoms with van der Waals surface area (Å²) < 4.78 is 15.7. The minimum Gasteiger partial charge on any atom is -0.328 e. The molecule has 0 aliphatic heterocycles. The highest BCUT2D eigenvalue weighted by molar-refractivity contribution is 5.84. The second-order valence-electron chi connectivity index (χ2n) is 8.93. The highest BCUT2D eigenvalue weighted by atomic mass is 19.1. The first-order valence-electron chi connectivity index (χ1n) is 11.3. The lowest BCUT2D eigenvalue weighted by molar-refractivity contribution is 0.227. The Labute approximate surface area is 195 Å². The zero-order valence-corrected chi connectivity index (χ0v) is 18.6. The van der Waals surface area contributed by atoms with Crippen LogP contribution in [0.1, 0.15) is 18.5 Å². The Kier molecular flexibility index (Phi) is 4.91. The van der Waals surface area contributed by atoms with Crippen molar-refractivity contribution in [3.05, 3.63) is 66.6 Å². The molecule has 0 spiro atoms. The van der Waals surface area contributed by atoms with Crippen LogP contribution in [0.25, 0.3) is 44.8 Å². The first-order chi connectivity index (χ1) is 16.5. The first kappa shape index (κ1) is 20.6. The maximum absolute atomic E-state index is 13.7. The van der Waals surface area contributed by atoms with E-state index < -0.39 is 0 Å². The number of rotatable bonds is 5. The number of hydrogen-bond donors (Lipinski definition) is 2. The molecule has 6 rings (SSSR count). The molecule has 170 valence electrons. The summed E-state index contributed by atoms with van der Waals surface area (Å²) in [6, 6.07) is 9.24. The van der Waals surface area contributed by atoms with Crippen LogP contribution in [-0.4, -0.2) is 41.0 Å². The molecule has 3 N–H and O–H groups in total. The zero-order chi connectivity index (χ0) is 23.2. The van der Waals surface area contributed by atoms with Crippen LogP contribution >= 0.6 is 0 Å². The molecule has 5 aromatic rings. The minimum absolute atomic E-state index is 0.332. The predicted molar refractivity (Wildman–Crippen MR) is 127 cm³/mol. The third kappa shape index (κ3) is 3.73. The van der Waals surface area contributed by atoms with Crippen LogP contribution in [0.2, 0.25) is 0 Å². The van der Waals surface area contributed by atoms with E-state index in [-0.39, 0.29) is 5.82 Å². The molecule has 1 saturated carbocycles. The number of aryl methyl sites for hydroxylation is 1. The molecule has 1 aliphatic rings. The number of nitrogens with one attached hydrogen (secondary N) is 1. The van der Waals surface area contributed by atoms with Crippen molar-refractivity contribution < 1.29 is 4.39 Å². The molecular formula is C25H23FN8. The van der Waals surface area contributed by atoms with Crippen molar-refractivity contribution in [1.82, 2.24) is 34.9 Å². The van der Waals surface area contributed by atoms with Crippen molar-refractivity contribution in [3.8, 4) is 33.8 Å². The predicted octanol–water partition coefficient (Wildman–Crippen LogP) is 4.13. The van der Waals surface area contributed by atoms with Gasteiger partial charge >= 0.3 is 0 Å². The number of nitrogens with zero attached hydrogens (tertiary/aromatic N) is 6. The maximum atomic E-state index is 13.7. The molecule has 0 atom stereocenters. The highest BCUT2D eigenvalue weighted by Gasteiger charge is 2.26. The topological polar surface area (TPSA) is 111 Å². The molecule has 0 saturated heterocycles. The molecule has 5 heterocycles. The Morgan fingerprint density at radius 2 is 1.88 bits per heavy atom. The number of H-pyrrole nitrogens is 1. The second-order valence-corrected chi connectivity index (χ2v) is 8.93. The summed E-state index contributed by atoms with van der Waals surface area (Å²) in [6.07, 6.45) is 9.58. The van der Waals surface area contributed by atoms with Crippen LogP contribution in [0.4, 0.5) is 4.39 Å². The smallest absolute Gasteiger partial charge is 0.144 e. The van der Waals surface area contributed by atoms with Crippen molar-refractivity contribution in [2.45, 2.75) is 32.4 Å². The molecule has 0 aromatic carbocycles. The van der Waals surface area contributed by atoms with Crippen molar-refractivity contribution in [2.75, 3.05) is 0 Å². The van der Waals surface area contributed by atoms with E-state index in [0.717, 1.165) is 52.8 Å². The molecule has 0 amide bonds. The third-order valence-corrected chi connectivity index (χ3v) is 6.41. The highest BCUT2D eigenvalue weighted by Crippen LogP contribution is 2.31. The van der Waals surface area contributed by atoms with Crippen molar-refractivity contribution >= 4 is 11.0 Å². The van der Waals surface area contributed by atoms with E-state index in [1.165, 1.54) is 6.07 Å². The fourth-order valence-corrected chi connectivity index (χ4v) is 4.49. The van der Waals surface area contributed by atoms with E-state index in [4.69, 9.17) is 10.7 Å². The lowest BCUT2D eigenvalue weighted by atomic mass is 9.81. The minimum atomic E-state index is -0.341. The van der Waals surface area contributed by atoms with Crippen LogP contribution in [-0.2, 0) is 6.54 Å². The normalized spacial score (nSPS) is 17.7. The monoisotopic (exact) mass is 454 g/mol. The van der Waals surface area contributed by atoms with Gasteiger partial charge < -0.3 is 5.73 Å². The average molecular weight is 455 g/mol. The fourth-order valence-electron chi connectivity index (χ4n) is 4.49. The van der Waals surface area contributed by atoms with Gasteiger partial charge in [0, 0.05) is 41.7 Å². The molecule has 0 radical (unpaired) electrons. The number of aromatic amines is 1. The Morgan fingerprint density at radius 1 is 1.03 bits per heavy atom. The van der Waals surface area contributed by atoms with E-state index >= 15 is 0 Å². The molecule has 8 nitrogen and oxygen atoms in total. The van der Waals surface area contributed by atoms with E-state index in [1.54, 1.807) is 19.2 Å². The number of aromatic nitrogens is 7. The van der Waals surface area contributed by atoms with Gasteiger partial charge in [-0.3, -0.25) is 14.8 Å². The maximum Gasteiger partial charge on any atom is 0.144 e. The van der Waals surface area contributed by atoms with Gasteiger partial charge in [-0.25, -0.2) is 14.4 Å².